The zero-order valence-corrected chi connectivity index (χ0v) is 19.9. The Kier molecular flexibility index (Phi) is 6.39. The number of thioether (sulfide) groups is 1. The van der Waals surface area contributed by atoms with Gasteiger partial charge in [-0.2, -0.15) is 0 Å². The molecule has 0 radical (unpaired) electrons. The first-order chi connectivity index (χ1) is 14.9. The number of thiophene rings is 1. The van der Waals surface area contributed by atoms with Crippen LogP contribution in [0.25, 0.3) is 10.2 Å². The number of aromatic nitrogens is 2. The van der Waals surface area contributed by atoms with E-state index in [1.165, 1.54) is 11.8 Å². The first kappa shape index (κ1) is 21.9. The third-order valence-electron chi connectivity index (χ3n) is 5.85. The van der Waals surface area contributed by atoms with Gasteiger partial charge in [-0.25, -0.2) is 4.98 Å². The third kappa shape index (κ3) is 4.36. The van der Waals surface area contributed by atoms with E-state index in [0.29, 0.717) is 16.6 Å². The summed E-state index contributed by atoms with van der Waals surface area (Å²) in [6.07, 6.45) is 4.20. The molecule has 1 saturated carbocycles. The zero-order valence-electron chi connectivity index (χ0n) is 18.3. The molecule has 8 heteroatoms. The van der Waals surface area contributed by atoms with Crippen molar-refractivity contribution in [3.63, 3.8) is 0 Å². The maximum atomic E-state index is 13.4. The van der Waals surface area contributed by atoms with Crippen LogP contribution >= 0.6 is 23.1 Å². The average molecular weight is 458 g/mol. The quantitative estimate of drug-likeness (QED) is 0.405. The molecule has 1 amide bonds. The molecule has 0 spiro atoms. The first-order valence-corrected chi connectivity index (χ1v) is 12.3. The number of carbonyl (C=O) groups is 1. The lowest BCUT2D eigenvalue weighted by atomic mass is 10.2. The van der Waals surface area contributed by atoms with Crippen LogP contribution < -0.4 is 15.6 Å². The number of amides is 1. The second-order valence-corrected chi connectivity index (χ2v) is 10.2. The fourth-order valence-corrected chi connectivity index (χ4v) is 6.05. The lowest BCUT2D eigenvalue weighted by Gasteiger charge is -2.18. The number of hydrogen-bond acceptors (Lipinski definition) is 6. The van der Waals surface area contributed by atoms with Gasteiger partial charge in [-0.3, -0.25) is 14.2 Å². The molecule has 164 valence electrons. The van der Waals surface area contributed by atoms with Gasteiger partial charge in [0.1, 0.15) is 10.6 Å². The van der Waals surface area contributed by atoms with Gasteiger partial charge in [0.05, 0.1) is 23.9 Å². The Hall–Kier alpha value is -2.32. The molecule has 4 rings (SSSR count). The van der Waals surface area contributed by atoms with E-state index in [9.17, 15) is 9.59 Å². The molecule has 1 N–H and O–H groups in total. The topological polar surface area (TPSA) is 73.2 Å². The van der Waals surface area contributed by atoms with Gasteiger partial charge in [0.25, 0.3) is 5.56 Å². The van der Waals surface area contributed by atoms with E-state index in [2.05, 4.69) is 5.32 Å². The van der Waals surface area contributed by atoms with E-state index in [0.717, 1.165) is 51.9 Å². The van der Waals surface area contributed by atoms with Gasteiger partial charge in [0.15, 0.2) is 5.16 Å². The third-order valence-corrected chi connectivity index (χ3v) is 7.91. The standard InChI is InChI=1S/C23H27N3O3S2/c1-13-9-10-18(29-4)17(11-13)24-19(27)12-30-23-25-21-20(14(2)15(3)31-21)22(28)26(23)16-7-5-6-8-16/h9-11,16H,5-8,12H2,1-4H3,(H,24,27). The minimum absolute atomic E-state index is 0.0296. The molecular formula is C23H27N3O3S2. The number of nitrogens with zero attached hydrogens (tertiary/aromatic N) is 2. The highest BCUT2D eigenvalue weighted by atomic mass is 32.2. The summed E-state index contributed by atoms with van der Waals surface area (Å²) in [5.41, 5.74) is 2.73. The van der Waals surface area contributed by atoms with Crippen LogP contribution in [-0.4, -0.2) is 28.3 Å². The summed E-state index contributed by atoms with van der Waals surface area (Å²) >= 11 is 2.88. The molecule has 1 fully saturated rings. The summed E-state index contributed by atoms with van der Waals surface area (Å²) in [6, 6.07) is 5.82. The molecule has 0 unspecified atom stereocenters. The van der Waals surface area contributed by atoms with Crippen LogP contribution in [0.1, 0.15) is 47.7 Å². The second-order valence-electron chi connectivity index (χ2n) is 8.01. The van der Waals surface area contributed by atoms with Crippen LogP contribution in [-0.2, 0) is 4.79 Å². The average Bonchev–Trinajstić information content (AvgIpc) is 3.35. The largest absolute Gasteiger partial charge is 0.495 e. The Bertz CT molecular complexity index is 1190. The van der Waals surface area contributed by atoms with Crippen LogP contribution in [0.2, 0.25) is 0 Å². The Morgan fingerprint density at radius 3 is 2.74 bits per heavy atom. The Morgan fingerprint density at radius 1 is 1.29 bits per heavy atom. The van der Waals surface area contributed by atoms with Gasteiger partial charge in [-0.1, -0.05) is 30.7 Å². The predicted octanol–water partition coefficient (Wildman–Crippen LogP) is 5.24. The number of methoxy groups -OCH3 is 1. The number of benzene rings is 1. The Labute approximate surface area is 190 Å². The summed E-state index contributed by atoms with van der Waals surface area (Å²) in [4.78, 5) is 32.8. The predicted molar refractivity (Wildman–Crippen MR) is 128 cm³/mol. The zero-order chi connectivity index (χ0) is 22.1. The normalized spacial score (nSPS) is 14.3. The number of hydrogen-bond donors (Lipinski definition) is 1. The first-order valence-electron chi connectivity index (χ1n) is 10.5. The van der Waals surface area contributed by atoms with Crippen molar-refractivity contribution in [2.24, 2.45) is 0 Å². The van der Waals surface area contributed by atoms with E-state index in [1.807, 2.05) is 43.5 Å². The number of ether oxygens (including phenoxy) is 1. The molecule has 0 atom stereocenters. The molecule has 3 aromatic rings. The highest BCUT2D eigenvalue weighted by molar-refractivity contribution is 7.99. The lowest BCUT2D eigenvalue weighted by Crippen LogP contribution is -2.27. The van der Waals surface area contributed by atoms with E-state index in [-0.39, 0.29) is 23.3 Å². The van der Waals surface area contributed by atoms with E-state index < -0.39 is 0 Å². The smallest absolute Gasteiger partial charge is 0.263 e. The monoisotopic (exact) mass is 457 g/mol. The highest BCUT2D eigenvalue weighted by Crippen LogP contribution is 2.34. The number of rotatable bonds is 6. The summed E-state index contributed by atoms with van der Waals surface area (Å²) in [6.45, 7) is 5.98. The Balaban J connectivity index is 1.62. The van der Waals surface area contributed by atoms with Gasteiger partial charge in [-0.05, 0) is 56.9 Å². The van der Waals surface area contributed by atoms with Crippen LogP contribution in [0, 0.1) is 20.8 Å². The van der Waals surface area contributed by atoms with Gasteiger partial charge >= 0.3 is 0 Å². The molecular weight excluding hydrogens is 430 g/mol. The summed E-state index contributed by atoms with van der Waals surface area (Å²) in [5, 5.41) is 4.29. The lowest BCUT2D eigenvalue weighted by molar-refractivity contribution is -0.113. The molecule has 1 aliphatic carbocycles. The molecule has 2 heterocycles. The van der Waals surface area contributed by atoms with Crippen molar-refractivity contribution in [3.05, 3.63) is 44.6 Å². The summed E-state index contributed by atoms with van der Waals surface area (Å²) < 4.78 is 7.20. The fourth-order valence-electron chi connectivity index (χ4n) is 4.11. The summed E-state index contributed by atoms with van der Waals surface area (Å²) in [5.74, 6) is 0.640. The van der Waals surface area contributed by atoms with E-state index in [1.54, 1.807) is 18.4 Å². The van der Waals surface area contributed by atoms with E-state index >= 15 is 0 Å². The van der Waals surface area contributed by atoms with Crippen molar-refractivity contribution in [3.8, 4) is 5.75 Å². The van der Waals surface area contributed by atoms with Crippen molar-refractivity contribution in [1.82, 2.24) is 9.55 Å². The van der Waals surface area contributed by atoms with E-state index in [4.69, 9.17) is 9.72 Å². The number of aryl methyl sites for hydroxylation is 3. The van der Waals surface area contributed by atoms with Crippen molar-refractivity contribution in [2.75, 3.05) is 18.2 Å². The molecule has 0 saturated heterocycles. The summed E-state index contributed by atoms with van der Waals surface area (Å²) in [7, 11) is 1.58. The molecule has 31 heavy (non-hydrogen) atoms. The van der Waals surface area contributed by atoms with Crippen molar-refractivity contribution in [2.45, 2.75) is 57.7 Å². The maximum Gasteiger partial charge on any atom is 0.263 e. The molecule has 6 nitrogen and oxygen atoms in total. The van der Waals surface area contributed by atoms with Gasteiger partial charge in [-0.15, -0.1) is 11.3 Å². The van der Waals surface area contributed by atoms with Crippen LogP contribution in [0.15, 0.2) is 28.2 Å². The number of fused-ring (bicyclic) bond motifs is 1. The van der Waals surface area contributed by atoms with Crippen molar-refractivity contribution < 1.29 is 9.53 Å². The minimum atomic E-state index is -0.153. The van der Waals surface area contributed by atoms with Gasteiger partial charge < -0.3 is 10.1 Å². The molecule has 2 aromatic heterocycles. The number of carbonyl (C=O) groups excluding carboxylic acids is 1. The number of anilines is 1. The maximum absolute atomic E-state index is 13.4. The Morgan fingerprint density at radius 2 is 2.03 bits per heavy atom. The molecule has 0 aliphatic heterocycles. The molecule has 1 aromatic carbocycles. The number of nitrogens with one attached hydrogen (secondary N) is 1. The van der Waals surface area contributed by atoms with Crippen LogP contribution in [0.3, 0.4) is 0 Å². The minimum Gasteiger partial charge on any atom is -0.495 e. The fraction of sp³-hybridized carbons (Fsp3) is 0.435. The van der Waals surface area contributed by atoms with Crippen molar-refractivity contribution >= 4 is 44.9 Å². The van der Waals surface area contributed by atoms with Gasteiger partial charge in [0.2, 0.25) is 5.91 Å². The highest BCUT2D eigenvalue weighted by Gasteiger charge is 2.25. The second kappa shape index (κ2) is 9.04. The van der Waals surface area contributed by atoms with Crippen LogP contribution in [0.5, 0.6) is 5.75 Å². The SMILES string of the molecule is COc1ccc(C)cc1NC(=O)CSc1nc2sc(C)c(C)c2c(=O)n1C1CCCC1. The van der Waals surface area contributed by atoms with Crippen molar-refractivity contribution in [1.29, 1.82) is 0 Å². The van der Waals surface area contributed by atoms with Gasteiger partial charge in [0, 0.05) is 10.9 Å². The van der Waals surface area contributed by atoms with Crippen LogP contribution in [0.4, 0.5) is 5.69 Å². The molecule has 1 aliphatic rings. The molecule has 0 bridgehead atoms.